The van der Waals surface area contributed by atoms with Crippen molar-refractivity contribution in [2.24, 2.45) is 10.4 Å². The van der Waals surface area contributed by atoms with Crippen molar-refractivity contribution in [3.63, 3.8) is 0 Å². The smallest absolute Gasteiger partial charge is 0.194 e. The van der Waals surface area contributed by atoms with E-state index in [1.54, 1.807) is 0 Å². The molecule has 0 atom stereocenters. The summed E-state index contributed by atoms with van der Waals surface area (Å²) in [5, 5.41) is 3.37. The molecule has 1 aliphatic rings. The van der Waals surface area contributed by atoms with Crippen LogP contribution in [0.4, 0.5) is 0 Å². The van der Waals surface area contributed by atoms with Crippen LogP contribution in [0, 0.1) is 5.41 Å². The number of hydrogen-bond acceptors (Lipinski definition) is 1. The zero-order valence-corrected chi connectivity index (χ0v) is 11.6. The van der Waals surface area contributed by atoms with Crippen molar-refractivity contribution in [2.75, 3.05) is 26.2 Å². The van der Waals surface area contributed by atoms with Gasteiger partial charge in [-0.2, -0.15) is 0 Å². The molecule has 0 aromatic carbocycles. The molecule has 0 aliphatic carbocycles. The van der Waals surface area contributed by atoms with Crippen LogP contribution in [0.5, 0.6) is 0 Å². The van der Waals surface area contributed by atoms with E-state index in [2.05, 4.69) is 42.6 Å². The molecule has 0 bridgehead atoms. The fraction of sp³-hybridized carbons (Fsp3) is 0.786. The number of nitrogens with one attached hydrogen (secondary N) is 1. The minimum atomic E-state index is 0.504. The highest BCUT2D eigenvalue weighted by atomic mass is 15.3. The molecular formula is C14H27N3. The van der Waals surface area contributed by atoms with Gasteiger partial charge in [0.2, 0.25) is 0 Å². The minimum absolute atomic E-state index is 0.504. The molecule has 0 unspecified atom stereocenters. The van der Waals surface area contributed by atoms with E-state index < -0.39 is 0 Å². The molecule has 0 spiro atoms. The molecule has 0 radical (unpaired) electrons. The predicted molar refractivity (Wildman–Crippen MR) is 75.4 cm³/mol. The molecule has 0 aromatic rings. The Morgan fingerprint density at radius 3 is 2.59 bits per heavy atom. The molecule has 1 fully saturated rings. The second kappa shape index (κ2) is 6.67. The average molecular weight is 237 g/mol. The van der Waals surface area contributed by atoms with Crippen LogP contribution in [-0.4, -0.2) is 37.0 Å². The van der Waals surface area contributed by atoms with Crippen LogP contribution in [0.2, 0.25) is 0 Å². The van der Waals surface area contributed by atoms with Crippen LogP contribution in [0.1, 0.15) is 40.0 Å². The third-order valence-electron chi connectivity index (χ3n) is 3.94. The third kappa shape index (κ3) is 3.48. The first-order valence-electron chi connectivity index (χ1n) is 6.85. The van der Waals surface area contributed by atoms with E-state index in [9.17, 15) is 0 Å². The van der Waals surface area contributed by atoms with Gasteiger partial charge in [0.05, 0.1) is 6.54 Å². The number of aliphatic imine (C=N–C) groups is 1. The standard InChI is InChI=1S/C14H27N3/c1-5-10-16-13(15-8-4)17-11-9-14(6-2,7-3)12-17/h5H,1,6-12H2,2-4H3,(H,15,16). The SMILES string of the molecule is C=CCN=C(NCC)N1CCC(CC)(CC)C1. The van der Waals surface area contributed by atoms with E-state index in [4.69, 9.17) is 0 Å². The van der Waals surface area contributed by atoms with Crippen LogP contribution in [0.3, 0.4) is 0 Å². The lowest BCUT2D eigenvalue weighted by Crippen LogP contribution is -2.41. The van der Waals surface area contributed by atoms with E-state index in [0.717, 1.165) is 25.6 Å². The minimum Gasteiger partial charge on any atom is -0.357 e. The summed E-state index contributed by atoms with van der Waals surface area (Å²) in [4.78, 5) is 6.96. The second-order valence-electron chi connectivity index (χ2n) is 4.86. The van der Waals surface area contributed by atoms with Gasteiger partial charge in [0, 0.05) is 19.6 Å². The fourth-order valence-electron chi connectivity index (χ4n) is 2.52. The molecule has 1 rings (SSSR count). The maximum Gasteiger partial charge on any atom is 0.194 e. The van der Waals surface area contributed by atoms with Gasteiger partial charge in [0.15, 0.2) is 5.96 Å². The number of guanidine groups is 1. The Balaban J connectivity index is 2.68. The van der Waals surface area contributed by atoms with Gasteiger partial charge in [-0.1, -0.05) is 19.9 Å². The van der Waals surface area contributed by atoms with Crippen molar-refractivity contribution in [2.45, 2.75) is 40.0 Å². The lowest BCUT2D eigenvalue weighted by atomic mass is 9.82. The Hall–Kier alpha value is -0.990. The predicted octanol–water partition coefficient (Wildman–Crippen LogP) is 2.65. The van der Waals surface area contributed by atoms with Crippen LogP contribution >= 0.6 is 0 Å². The monoisotopic (exact) mass is 237 g/mol. The van der Waals surface area contributed by atoms with Crippen molar-refractivity contribution in [3.8, 4) is 0 Å². The van der Waals surface area contributed by atoms with Gasteiger partial charge < -0.3 is 10.2 Å². The number of likely N-dealkylation sites (tertiary alicyclic amines) is 1. The van der Waals surface area contributed by atoms with E-state index in [1.807, 2.05) is 6.08 Å². The van der Waals surface area contributed by atoms with Crippen molar-refractivity contribution < 1.29 is 0 Å². The summed E-state index contributed by atoms with van der Waals surface area (Å²) in [5.74, 6) is 1.05. The highest BCUT2D eigenvalue weighted by Crippen LogP contribution is 2.36. The number of rotatable bonds is 5. The number of nitrogens with zero attached hydrogens (tertiary/aromatic N) is 2. The summed E-state index contributed by atoms with van der Waals surface area (Å²) in [6, 6.07) is 0. The molecule has 0 aromatic heterocycles. The van der Waals surface area contributed by atoms with Crippen LogP contribution in [-0.2, 0) is 0 Å². The van der Waals surface area contributed by atoms with Gasteiger partial charge >= 0.3 is 0 Å². The molecule has 17 heavy (non-hydrogen) atoms. The third-order valence-corrected chi connectivity index (χ3v) is 3.94. The molecule has 0 saturated carbocycles. The van der Waals surface area contributed by atoms with Crippen LogP contribution in [0.25, 0.3) is 0 Å². The second-order valence-corrected chi connectivity index (χ2v) is 4.86. The zero-order chi connectivity index (χ0) is 12.7. The van der Waals surface area contributed by atoms with Gasteiger partial charge in [0.1, 0.15) is 0 Å². The van der Waals surface area contributed by atoms with E-state index in [-0.39, 0.29) is 0 Å². The molecular weight excluding hydrogens is 210 g/mol. The maximum absolute atomic E-state index is 4.56. The van der Waals surface area contributed by atoms with Crippen molar-refractivity contribution >= 4 is 5.96 Å². The summed E-state index contributed by atoms with van der Waals surface area (Å²) in [6.45, 7) is 14.4. The van der Waals surface area contributed by atoms with Crippen LogP contribution in [0.15, 0.2) is 17.6 Å². The lowest BCUT2D eigenvalue weighted by molar-refractivity contribution is 0.276. The van der Waals surface area contributed by atoms with Gasteiger partial charge in [-0.05, 0) is 31.6 Å². The first-order valence-corrected chi connectivity index (χ1v) is 6.85. The Kier molecular flexibility index (Phi) is 5.52. The largest absolute Gasteiger partial charge is 0.357 e. The van der Waals surface area contributed by atoms with Crippen molar-refractivity contribution in [3.05, 3.63) is 12.7 Å². The van der Waals surface area contributed by atoms with Gasteiger partial charge in [0.25, 0.3) is 0 Å². The molecule has 98 valence electrons. The van der Waals surface area contributed by atoms with Crippen molar-refractivity contribution in [1.82, 2.24) is 10.2 Å². The summed E-state index contributed by atoms with van der Waals surface area (Å²) in [7, 11) is 0. The van der Waals surface area contributed by atoms with E-state index in [1.165, 1.54) is 19.3 Å². The molecule has 3 nitrogen and oxygen atoms in total. The summed E-state index contributed by atoms with van der Waals surface area (Å²) < 4.78 is 0. The van der Waals surface area contributed by atoms with Crippen LogP contribution < -0.4 is 5.32 Å². The van der Waals surface area contributed by atoms with Gasteiger partial charge in [-0.15, -0.1) is 6.58 Å². The van der Waals surface area contributed by atoms with Gasteiger partial charge in [-0.3, -0.25) is 0 Å². The molecule has 1 heterocycles. The summed E-state index contributed by atoms with van der Waals surface area (Å²) in [5.41, 5.74) is 0.504. The van der Waals surface area contributed by atoms with Crippen molar-refractivity contribution in [1.29, 1.82) is 0 Å². The van der Waals surface area contributed by atoms with E-state index >= 15 is 0 Å². The molecule has 3 heteroatoms. The average Bonchev–Trinajstić information content (AvgIpc) is 2.79. The summed E-state index contributed by atoms with van der Waals surface area (Å²) >= 11 is 0. The molecule has 1 aliphatic heterocycles. The highest BCUT2D eigenvalue weighted by molar-refractivity contribution is 5.80. The Bertz CT molecular complexity index is 267. The molecule has 1 N–H and O–H groups in total. The molecule has 0 amide bonds. The highest BCUT2D eigenvalue weighted by Gasteiger charge is 2.36. The number of hydrogen-bond donors (Lipinski definition) is 1. The lowest BCUT2D eigenvalue weighted by Gasteiger charge is -2.27. The van der Waals surface area contributed by atoms with E-state index in [0.29, 0.717) is 12.0 Å². The summed E-state index contributed by atoms with van der Waals surface area (Å²) in [6.07, 6.45) is 5.67. The molecule has 1 saturated heterocycles. The Morgan fingerprint density at radius 1 is 1.41 bits per heavy atom. The maximum atomic E-state index is 4.56. The first kappa shape index (κ1) is 14.1. The fourth-order valence-corrected chi connectivity index (χ4v) is 2.52. The van der Waals surface area contributed by atoms with Gasteiger partial charge in [-0.25, -0.2) is 4.99 Å². The topological polar surface area (TPSA) is 27.6 Å². The quantitative estimate of drug-likeness (QED) is 0.452. The normalized spacial score (nSPS) is 19.5. The zero-order valence-electron chi connectivity index (χ0n) is 11.6. The Labute approximate surface area is 106 Å². The Morgan fingerprint density at radius 2 is 2.12 bits per heavy atom. The first-order chi connectivity index (χ1) is 8.21.